The molecule has 0 aliphatic rings. The van der Waals surface area contributed by atoms with Crippen molar-refractivity contribution in [2.75, 3.05) is 16.8 Å². The molecule has 2 heterocycles. The molecule has 0 amide bonds. The van der Waals surface area contributed by atoms with Crippen LogP contribution in [0.5, 0.6) is 0 Å². The quantitative estimate of drug-likeness (QED) is 0.813. The van der Waals surface area contributed by atoms with Crippen LogP contribution in [0.15, 0.2) is 11.2 Å². The first-order chi connectivity index (χ1) is 8.95. The monoisotopic (exact) mass is 302 g/mol. The Morgan fingerprint density at radius 1 is 1.53 bits per heavy atom. The van der Waals surface area contributed by atoms with Gasteiger partial charge in [0.25, 0.3) is 0 Å². The summed E-state index contributed by atoms with van der Waals surface area (Å²) in [5, 5.41) is 11.1. The van der Waals surface area contributed by atoms with E-state index in [1.807, 2.05) is 7.05 Å². The zero-order chi connectivity index (χ0) is 14.0. The van der Waals surface area contributed by atoms with Gasteiger partial charge in [-0.1, -0.05) is 6.92 Å². The van der Waals surface area contributed by atoms with Crippen molar-refractivity contribution in [1.82, 2.24) is 19.1 Å². The first-order valence-electron chi connectivity index (χ1n) is 5.50. The van der Waals surface area contributed by atoms with E-state index in [0.29, 0.717) is 17.4 Å². The summed E-state index contributed by atoms with van der Waals surface area (Å²) in [4.78, 5) is 0.0715. The molecule has 0 aliphatic carbocycles. The Bertz CT molecular complexity index is 675. The Hall–Kier alpha value is -1.68. The predicted molar refractivity (Wildman–Crippen MR) is 72.6 cm³/mol. The minimum Gasteiger partial charge on any atom is -0.382 e. The van der Waals surface area contributed by atoms with Crippen LogP contribution >= 0.6 is 11.5 Å². The van der Waals surface area contributed by atoms with Crippen LogP contribution < -0.4 is 11.1 Å². The van der Waals surface area contributed by atoms with Gasteiger partial charge in [-0.15, -0.1) is 10.2 Å². The average Bonchev–Trinajstić information content (AvgIpc) is 2.93. The third-order valence-electron chi connectivity index (χ3n) is 2.58. The number of hydrogen-bond donors (Lipinski definition) is 2. The van der Waals surface area contributed by atoms with Gasteiger partial charge in [-0.3, -0.25) is 0 Å². The van der Waals surface area contributed by atoms with Crippen LogP contribution in [0, 0.1) is 0 Å². The summed E-state index contributed by atoms with van der Waals surface area (Å²) in [6.45, 7) is 1.92. The van der Waals surface area contributed by atoms with Crippen LogP contribution in [0.3, 0.4) is 0 Å². The van der Waals surface area contributed by atoms with Crippen molar-refractivity contribution in [1.29, 1.82) is 0 Å². The average molecular weight is 302 g/mol. The van der Waals surface area contributed by atoms with E-state index in [1.165, 1.54) is 0 Å². The summed E-state index contributed by atoms with van der Waals surface area (Å²) in [6.07, 6.45) is 1.57. The second-order valence-corrected chi connectivity index (χ2v) is 6.83. The Morgan fingerprint density at radius 3 is 2.84 bits per heavy atom. The van der Waals surface area contributed by atoms with E-state index in [1.54, 1.807) is 17.8 Å². The molecule has 0 fully saturated rings. The number of sulfone groups is 1. The molecular weight excluding hydrogens is 288 g/mol. The van der Waals surface area contributed by atoms with Crippen molar-refractivity contribution in [3.05, 3.63) is 12.2 Å². The van der Waals surface area contributed by atoms with Gasteiger partial charge in [0.05, 0.1) is 12.3 Å². The number of nitrogens with one attached hydrogen (secondary N) is 1. The molecule has 0 saturated carbocycles. The van der Waals surface area contributed by atoms with Gasteiger partial charge in [0.2, 0.25) is 0 Å². The lowest BCUT2D eigenvalue weighted by molar-refractivity contribution is 0.598. The van der Waals surface area contributed by atoms with Gasteiger partial charge in [0.15, 0.2) is 21.5 Å². The number of nitrogens with two attached hydrogens (primary N) is 1. The van der Waals surface area contributed by atoms with E-state index in [0.717, 1.165) is 11.5 Å². The van der Waals surface area contributed by atoms with Gasteiger partial charge in [-0.2, -0.15) is 4.37 Å². The Morgan fingerprint density at radius 2 is 2.26 bits per heavy atom. The van der Waals surface area contributed by atoms with Gasteiger partial charge >= 0.3 is 0 Å². The van der Waals surface area contributed by atoms with Crippen LogP contribution in [0.1, 0.15) is 12.7 Å². The zero-order valence-corrected chi connectivity index (χ0v) is 12.1. The largest absolute Gasteiger partial charge is 0.382 e. The SMILES string of the molecule is CCS(=O)(=O)c1c(N)nsc1NCc1nncn1C. The zero-order valence-electron chi connectivity index (χ0n) is 10.5. The molecule has 3 N–H and O–H groups in total. The van der Waals surface area contributed by atoms with Crippen molar-refractivity contribution in [3.8, 4) is 0 Å². The van der Waals surface area contributed by atoms with Gasteiger partial charge in [0.1, 0.15) is 16.2 Å². The molecule has 104 valence electrons. The highest BCUT2D eigenvalue weighted by Gasteiger charge is 2.23. The normalized spacial score (nSPS) is 11.7. The number of anilines is 2. The maximum atomic E-state index is 11.9. The molecule has 0 spiro atoms. The highest BCUT2D eigenvalue weighted by molar-refractivity contribution is 7.91. The number of rotatable bonds is 5. The number of aryl methyl sites for hydroxylation is 1. The summed E-state index contributed by atoms with van der Waals surface area (Å²) in [5.41, 5.74) is 5.63. The molecule has 8 nitrogen and oxygen atoms in total. The Labute approximate surface area is 114 Å². The fourth-order valence-electron chi connectivity index (χ4n) is 1.48. The van der Waals surface area contributed by atoms with E-state index in [2.05, 4.69) is 19.9 Å². The van der Waals surface area contributed by atoms with Crippen LogP contribution in [-0.2, 0) is 23.4 Å². The lowest BCUT2D eigenvalue weighted by Crippen LogP contribution is -2.10. The molecule has 2 rings (SSSR count). The minimum atomic E-state index is -3.40. The molecule has 0 aromatic carbocycles. The molecule has 10 heteroatoms. The van der Waals surface area contributed by atoms with E-state index in [4.69, 9.17) is 5.73 Å². The van der Waals surface area contributed by atoms with Crippen molar-refractivity contribution in [2.45, 2.75) is 18.4 Å². The van der Waals surface area contributed by atoms with Crippen LogP contribution in [0.25, 0.3) is 0 Å². The van der Waals surface area contributed by atoms with Crippen molar-refractivity contribution in [2.24, 2.45) is 7.05 Å². The van der Waals surface area contributed by atoms with E-state index in [-0.39, 0.29) is 16.5 Å². The maximum absolute atomic E-state index is 11.9. The second-order valence-electron chi connectivity index (χ2n) is 3.84. The van der Waals surface area contributed by atoms with E-state index >= 15 is 0 Å². The first-order valence-corrected chi connectivity index (χ1v) is 7.93. The van der Waals surface area contributed by atoms with Gasteiger partial charge in [0, 0.05) is 7.05 Å². The molecule has 0 bridgehead atoms. The highest BCUT2D eigenvalue weighted by Crippen LogP contribution is 2.32. The minimum absolute atomic E-state index is 0.0196. The van der Waals surface area contributed by atoms with Crippen molar-refractivity contribution < 1.29 is 8.42 Å². The van der Waals surface area contributed by atoms with E-state index in [9.17, 15) is 8.42 Å². The third-order valence-corrected chi connectivity index (χ3v) is 5.32. The number of aromatic nitrogens is 4. The second kappa shape index (κ2) is 5.13. The number of nitrogen functional groups attached to an aromatic ring is 1. The number of nitrogens with zero attached hydrogens (tertiary/aromatic N) is 4. The first kappa shape index (κ1) is 13.7. The molecule has 0 unspecified atom stereocenters. The molecular formula is C9H14N6O2S2. The van der Waals surface area contributed by atoms with Crippen LogP contribution in [0.4, 0.5) is 10.8 Å². The summed E-state index contributed by atoms with van der Waals surface area (Å²) >= 11 is 1.02. The molecule has 0 radical (unpaired) electrons. The Balaban J connectivity index is 2.25. The van der Waals surface area contributed by atoms with E-state index < -0.39 is 9.84 Å². The van der Waals surface area contributed by atoms with Gasteiger partial charge in [-0.25, -0.2) is 8.42 Å². The predicted octanol–water partition coefficient (Wildman–Crippen LogP) is 0.259. The van der Waals surface area contributed by atoms with Crippen LogP contribution in [0.2, 0.25) is 0 Å². The van der Waals surface area contributed by atoms with Crippen molar-refractivity contribution in [3.63, 3.8) is 0 Å². The molecule has 19 heavy (non-hydrogen) atoms. The fourth-order valence-corrected chi connectivity index (χ4v) is 3.64. The molecule has 2 aromatic heterocycles. The smallest absolute Gasteiger partial charge is 0.184 e. The van der Waals surface area contributed by atoms with Crippen LogP contribution in [-0.4, -0.2) is 33.3 Å². The summed E-state index contributed by atoms with van der Waals surface area (Å²) in [7, 11) is -1.59. The Kier molecular flexibility index (Phi) is 3.71. The lowest BCUT2D eigenvalue weighted by Gasteiger charge is -2.06. The summed E-state index contributed by atoms with van der Waals surface area (Å²) in [6, 6.07) is 0. The summed E-state index contributed by atoms with van der Waals surface area (Å²) in [5.74, 6) is 0.702. The maximum Gasteiger partial charge on any atom is 0.184 e. The standard InChI is InChI=1S/C9H14N6O2S2/c1-3-19(16,17)7-8(10)14-18-9(7)11-4-6-13-12-5-15(6)2/h5,11H,3-4H2,1-2H3,(H2,10,14). The molecule has 0 atom stereocenters. The topological polar surface area (TPSA) is 116 Å². The highest BCUT2D eigenvalue weighted by atomic mass is 32.2. The molecule has 0 saturated heterocycles. The lowest BCUT2D eigenvalue weighted by atomic mass is 10.5. The van der Waals surface area contributed by atoms with Gasteiger partial charge in [-0.05, 0) is 11.5 Å². The molecule has 2 aromatic rings. The summed E-state index contributed by atoms with van der Waals surface area (Å²) < 4.78 is 29.5. The molecule has 0 aliphatic heterocycles. The number of hydrogen-bond acceptors (Lipinski definition) is 8. The fraction of sp³-hybridized carbons (Fsp3) is 0.444. The van der Waals surface area contributed by atoms with Gasteiger partial charge < -0.3 is 15.6 Å². The van der Waals surface area contributed by atoms with Crippen molar-refractivity contribution >= 4 is 32.2 Å². The third kappa shape index (κ3) is 2.68.